The number of H-pyrrole nitrogens is 2. The van der Waals surface area contributed by atoms with Crippen molar-refractivity contribution in [3.05, 3.63) is 72.6 Å². The summed E-state index contributed by atoms with van der Waals surface area (Å²) in [6.07, 6.45) is -9.95. The molecule has 0 spiro atoms. The van der Waals surface area contributed by atoms with Crippen molar-refractivity contribution in [2.24, 2.45) is 0 Å². The van der Waals surface area contributed by atoms with Crippen LogP contribution in [0.2, 0.25) is 0 Å². The van der Waals surface area contributed by atoms with Gasteiger partial charge in [0.1, 0.15) is 11.6 Å². The van der Waals surface area contributed by atoms with Gasteiger partial charge in [-0.25, -0.2) is 9.97 Å². The lowest BCUT2D eigenvalue weighted by Gasteiger charge is -2.14. The lowest BCUT2D eigenvalue weighted by molar-refractivity contribution is -0.142. The predicted octanol–water partition coefficient (Wildman–Crippen LogP) is 7.94. The predicted molar refractivity (Wildman–Crippen MR) is 148 cm³/mol. The molecule has 44 heavy (non-hydrogen) atoms. The fourth-order valence-electron chi connectivity index (χ4n) is 4.83. The van der Waals surface area contributed by atoms with E-state index in [-0.39, 0.29) is 11.6 Å². The van der Waals surface area contributed by atoms with Gasteiger partial charge in [0.05, 0.1) is 36.6 Å². The summed E-state index contributed by atoms with van der Waals surface area (Å²) in [5.74, 6) is -3.95. The van der Waals surface area contributed by atoms with Crippen LogP contribution in [-0.4, -0.2) is 54.4 Å². The van der Waals surface area contributed by atoms with Crippen LogP contribution in [0.15, 0.2) is 60.9 Å². The van der Waals surface area contributed by atoms with E-state index in [4.69, 9.17) is 10.2 Å². The highest BCUT2D eigenvalue weighted by atomic mass is 19.4. The highest BCUT2D eigenvalue weighted by Gasteiger charge is 2.31. The van der Waals surface area contributed by atoms with Crippen LogP contribution in [0.25, 0.3) is 33.6 Å². The lowest BCUT2D eigenvalue weighted by Crippen LogP contribution is -2.13. The first-order chi connectivity index (χ1) is 20.7. The molecular formula is C30H28F6N4O4. The number of hydrogen-bond acceptors (Lipinski definition) is 4. The minimum atomic E-state index is -4.41. The molecule has 4 N–H and O–H groups in total. The Hall–Kier alpha value is -4.62. The minimum absolute atomic E-state index is 0.169. The highest BCUT2D eigenvalue weighted by Crippen LogP contribution is 2.33. The van der Waals surface area contributed by atoms with Crippen LogP contribution in [0.5, 0.6) is 0 Å². The number of carboxylic acids is 2. The minimum Gasteiger partial charge on any atom is -0.481 e. The molecule has 0 saturated carbocycles. The second-order valence-corrected chi connectivity index (χ2v) is 10.4. The number of aromatic nitrogens is 4. The van der Waals surface area contributed by atoms with Crippen molar-refractivity contribution in [2.75, 3.05) is 0 Å². The quantitative estimate of drug-likeness (QED) is 0.112. The van der Waals surface area contributed by atoms with E-state index >= 15 is 0 Å². The average Bonchev–Trinajstić information content (AvgIpc) is 3.63. The van der Waals surface area contributed by atoms with Gasteiger partial charge in [-0.05, 0) is 35.1 Å². The molecular weight excluding hydrogens is 594 g/mol. The molecule has 0 aliphatic heterocycles. The zero-order valence-electron chi connectivity index (χ0n) is 23.0. The number of benzene rings is 2. The Labute approximate surface area is 247 Å². The molecule has 4 aromatic rings. The molecule has 0 amide bonds. The van der Waals surface area contributed by atoms with Crippen LogP contribution in [0.4, 0.5) is 26.3 Å². The van der Waals surface area contributed by atoms with Gasteiger partial charge in [-0.2, -0.15) is 26.3 Å². The van der Waals surface area contributed by atoms with Gasteiger partial charge in [0, 0.05) is 24.7 Å². The molecule has 2 aromatic heterocycles. The Morgan fingerprint density at radius 2 is 0.932 bits per heavy atom. The average molecular weight is 623 g/mol. The summed E-state index contributed by atoms with van der Waals surface area (Å²) in [7, 11) is 0. The molecule has 2 atom stereocenters. The molecule has 4 rings (SSSR count). The Morgan fingerprint density at radius 1 is 0.614 bits per heavy atom. The molecule has 2 heterocycles. The molecule has 14 heteroatoms. The summed E-state index contributed by atoms with van der Waals surface area (Å²) < 4.78 is 76.3. The Balaban J connectivity index is 1.45. The SMILES string of the molecule is O=C(O)C[C@@H](CCC(F)(F)F)c1ncc(-c2ccc(-c3ccc(-c4cnc([C@H](CCC(F)(F)F)CC(=O)O)[nH]4)cc3)cc2)[nH]1. The Bertz CT molecular complexity index is 1440. The van der Waals surface area contributed by atoms with E-state index in [0.717, 1.165) is 11.1 Å². The molecule has 8 nitrogen and oxygen atoms in total. The second-order valence-electron chi connectivity index (χ2n) is 10.4. The topological polar surface area (TPSA) is 132 Å². The van der Waals surface area contributed by atoms with E-state index in [1.54, 1.807) is 24.3 Å². The summed E-state index contributed by atoms with van der Waals surface area (Å²) in [5, 5.41) is 18.3. The van der Waals surface area contributed by atoms with Gasteiger partial charge in [-0.3, -0.25) is 9.59 Å². The van der Waals surface area contributed by atoms with E-state index in [1.165, 1.54) is 12.4 Å². The number of nitrogens with zero attached hydrogens (tertiary/aromatic N) is 2. The second kappa shape index (κ2) is 13.3. The first kappa shape index (κ1) is 32.3. The van der Waals surface area contributed by atoms with Crippen molar-refractivity contribution < 1.29 is 46.1 Å². The maximum atomic E-state index is 12.7. The molecule has 2 aromatic carbocycles. The van der Waals surface area contributed by atoms with Crippen LogP contribution in [0.1, 0.15) is 62.0 Å². The smallest absolute Gasteiger partial charge is 0.389 e. The monoisotopic (exact) mass is 622 g/mol. The zero-order chi connectivity index (χ0) is 32.1. The third kappa shape index (κ3) is 9.19. The summed E-state index contributed by atoms with van der Waals surface area (Å²) in [6, 6.07) is 14.5. The molecule has 0 bridgehead atoms. The molecule has 0 fully saturated rings. The van der Waals surface area contributed by atoms with Gasteiger partial charge < -0.3 is 20.2 Å². The summed E-state index contributed by atoms with van der Waals surface area (Å²) >= 11 is 0. The van der Waals surface area contributed by atoms with E-state index in [1.807, 2.05) is 24.3 Å². The number of aromatic amines is 2. The lowest BCUT2D eigenvalue weighted by atomic mass is 9.98. The number of hydrogen-bond donors (Lipinski definition) is 4. The Morgan fingerprint density at radius 3 is 1.23 bits per heavy atom. The first-order valence-corrected chi connectivity index (χ1v) is 13.5. The van der Waals surface area contributed by atoms with Crippen molar-refractivity contribution in [3.8, 4) is 33.6 Å². The molecule has 234 valence electrons. The van der Waals surface area contributed by atoms with Gasteiger partial charge in [-0.15, -0.1) is 0 Å². The number of halogens is 6. The molecule has 0 aliphatic rings. The normalized spacial score (nSPS) is 13.5. The van der Waals surface area contributed by atoms with Crippen LogP contribution in [0, 0.1) is 0 Å². The van der Waals surface area contributed by atoms with Crippen LogP contribution >= 0.6 is 0 Å². The van der Waals surface area contributed by atoms with Crippen molar-refractivity contribution in [2.45, 2.75) is 62.7 Å². The summed E-state index contributed by atoms with van der Waals surface area (Å²) in [4.78, 5) is 36.6. The van der Waals surface area contributed by atoms with Crippen LogP contribution in [-0.2, 0) is 9.59 Å². The van der Waals surface area contributed by atoms with Crippen molar-refractivity contribution in [3.63, 3.8) is 0 Å². The largest absolute Gasteiger partial charge is 0.481 e. The van der Waals surface area contributed by atoms with Gasteiger partial charge in [0.2, 0.25) is 0 Å². The first-order valence-electron chi connectivity index (χ1n) is 13.5. The summed E-state index contributed by atoms with van der Waals surface area (Å²) in [6.45, 7) is 0. The van der Waals surface area contributed by atoms with E-state index in [9.17, 15) is 35.9 Å². The molecule has 0 unspecified atom stereocenters. The number of rotatable bonds is 13. The number of nitrogens with one attached hydrogen (secondary N) is 2. The van der Waals surface area contributed by atoms with Gasteiger partial charge >= 0.3 is 24.3 Å². The van der Waals surface area contributed by atoms with Crippen molar-refractivity contribution in [1.82, 2.24) is 19.9 Å². The van der Waals surface area contributed by atoms with Gasteiger partial charge in [0.15, 0.2) is 0 Å². The number of carbonyl (C=O) groups is 2. The fraction of sp³-hybridized carbons (Fsp3) is 0.333. The van der Waals surface area contributed by atoms with E-state index < -0.39 is 74.7 Å². The number of alkyl halides is 6. The molecule has 0 saturated heterocycles. The number of carboxylic acid groups (broad SMARTS) is 2. The summed E-state index contributed by atoms with van der Waals surface area (Å²) in [5.41, 5.74) is 4.12. The van der Waals surface area contributed by atoms with Gasteiger partial charge in [0.25, 0.3) is 0 Å². The van der Waals surface area contributed by atoms with E-state index in [2.05, 4.69) is 19.9 Å². The maximum Gasteiger partial charge on any atom is 0.389 e. The highest BCUT2D eigenvalue weighted by molar-refractivity contribution is 5.72. The zero-order valence-corrected chi connectivity index (χ0v) is 23.0. The number of imidazole rings is 2. The maximum absolute atomic E-state index is 12.7. The van der Waals surface area contributed by atoms with Gasteiger partial charge in [-0.1, -0.05) is 48.5 Å². The van der Waals surface area contributed by atoms with Crippen LogP contribution < -0.4 is 0 Å². The number of aliphatic carboxylic acids is 2. The van der Waals surface area contributed by atoms with Crippen LogP contribution in [0.3, 0.4) is 0 Å². The molecule has 0 aliphatic carbocycles. The fourth-order valence-corrected chi connectivity index (χ4v) is 4.83. The molecule has 0 radical (unpaired) electrons. The Kier molecular flexibility index (Phi) is 9.80. The van der Waals surface area contributed by atoms with Crippen molar-refractivity contribution >= 4 is 11.9 Å². The third-order valence-electron chi connectivity index (χ3n) is 7.08. The standard InChI is InChI=1S/C30H28F6N4O4/c31-29(32,33)11-9-21(13-25(41)42)27-37-15-23(39-27)19-5-1-17(2-6-19)18-3-7-20(8-4-18)24-16-38-28(40-24)22(14-26(43)44)10-12-30(34,35)36/h1-8,15-16,21-22H,9-14H2,(H,37,39)(H,38,40)(H,41,42)(H,43,44)/t21-,22-/m1/s1. The van der Waals surface area contributed by atoms with E-state index in [0.29, 0.717) is 22.5 Å². The third-order valence-corrected chi connectivity index (χ3v) is 7.08. The van der Waals surface area contributed by atoms with Crippen molar-refractivity contribution in [1.29, 1.82) is 0 Å².